The molecule has 0 unspecified atom stereocenters. The van der Waals surface area contributed by atoms with Crippen LogP contribution >= 0.6 is 11.3 Å². The van der Waals surface area contributed by atoms with E-state index >= 15 is 0 Å². The number of amides is 1. The lowest BCUT2D eigenvalue weighted by Gasteiger charge is -2.37. The van der Waals surface area contributed by atoms with Crippen molar-refractivity contribution in [1.82, 2.24) is 9.21 Å². The van der Waals surface area contributed by atoms with Crippen molar-refractivity contribution in [2.45, 2.75) is 24.3 Å². The first-order valence-electron chi connectivity index (χ1n) is 11.5. The topological polar surface area (TPSA) is 76.2 Å². The van der Waals surface area contributed by atoms with Gasteiger partial charge in [0.1, 0.15) is 12.4 Å². The quantitative estimate of drug-likeness (QED) is 0.410. The predicted octanol–water partition coefficient (Wildman–Crippen LogP) is 3.90. The maximum absolute atomic E-state index is 13.6. The number of nitrogens with zero attached hydrogens (tertiary/aromatic N) is 2. The van der Waals surface area contributed by atoms with Crippen LogP contribution in [0.4, 0.5) is 0 Å². The second-order valence-corrected chi connectivity index (χ2v) is 11.4. The minimum Gasteiger partial charge on any atom is -0.491 e. The number of ether oxygens (including phenoxy) is 2. The summed E-state index contributed by atoms with van der Waals surface area (Å²) in [5.74, 6) is 0.473. The first-order valence-corrected chi connectivity index (χ1v) is 13.8. The summed E-state index contributed by atoms with van der Waals surface area (Å²) in [4.78, 5) is 16.7. The van der Waals surface area contributed by atoms with Crippen molar-refractivity contribution in [2.75, 3.05) is 40.0 Å². The van der Waals surface area contributed by atoms with Gasteiger partial charge in [-0.05, 0) is 54.6 Å². The van der Waals surface area contributed by atoms with Crippen LogP contribution in [0.1, 0.15) is 22.0 Å². The van der Waals surface area contributed by atoms with Crippen molar-refractivity contribution in [1.29, 1.82) is 0 Å². The van der Waals surface area contributed by atoms with E-state index in [0.29, 0.717) is 13.2 Å². The molecule has 0 radical (unpaired) electrons. The number of carbonyl (C=O) groups excluding carboxylic acids is 1. The lowest BCUT2D eigenvalue weighted by Crippen LogP contribution is -2.48. The minimum atomic E-state index is -3.87. The number of methoxy groups -OCH3 is 1. The number of aryl methyl sites for hydroxylation is 1. The van der Waals surface area contributed by atoms with Crippen LogP contribution < -0.4 is 4.74 Å². The van der Waals surface area contributed by atoms with E-state index in [1.54, 1.807) is 40.5 Å². The number of benzene rings is 2. The highest BCUT2D eigenvalue weighted by Crippen LogP contribution is 2.34. The highest BCUT2D eigenvalue weighted by atomic mass is 32.2. The fraction of sp³-hybridized carbons (Fsp3) is 0.346. The van der Waals surface area contributed by atoms with Crippen LogP contribution in [-0.2, 0) is 26.0 Å². The third-order valence-electron chi connectivity index (χ3n) is 6.08. The van der Waals surface area contributed by atoms with Gasteiger partial charge in [0, 0.05) is 25.1 Å². The fourth-order valence-corrected chi connectivity index (χ4v) is 6.45. The zero-order chi connectivity index (χ0) is 24.8. The lowest BCUT2D eigenvalue weighted by molar-refractivity contribution is -0.135. The highest BCUT2D eigenvalue weighted by molar-refractivity contribution is 7.89. The molecular formula is C26H30N2O5S2. The molecular weight excluding hydrogens is 484 g/mol. The molecule has 2 heterocycles. The molecule has 0 saturated heterocycles. The van der Waals surface area contributed by atoms with Gasteiger partial charge in [-0.3, -0.25) is 4.79 Å². The predicted molar refractivity (Wildman–Crippen MR) is 136 cm³/mol. The van der Waals surface area contributed by atoms with Crippen molar-refractivity contribution in [3.63, 3.8) is 0 Å². The lowest BCUT2D eigenvalue weighted by atomic mass is 10.0. The van der Waals surface area contributed by atoms with Gasteiger partial charge in [0.25, 0.3) is 0 Å². The Morgan fingerprint density at radius 2 is 1.86 bits per heavy atom. The molecule has 0 fully saturated rings. The van der Waals surface area contributed by atoms with E-state index < -0.39 is 10.0 Å². The molecule has 0 N–H and O–H groups in total. The number of sulfonamides is 1. The van der Waals surface area contributed by atoms with Crippen molar-refractivity contribution >= 4 is 27.3 Å². The Labute approximate surface area is 210 Å². The zero-order valence-corrected chi connectivity index (χ0v) is 21.6. The number of hydrogen-bond acceptors (Lipinski definition) is 6. The van der Waals surface area contributed by atoms with E-state index in [1.807, 2.05) is 48.7 Å². The second-order valence-electron chi connectivity index (χ2n) is 8.42. The van der Waals surface area contributed by atoms with Crippen LogP contribution in [0.2, 0.25) is 0 Å². The Bertz CT molecular complexity index is 1230. The Morgan fingerprint density at radius 1 is 1.11 bits per heavy atom. The normalized spacial score (nSPS) is 15.7. The van der Waals surface area contributed by atoms with E-state index in [1.165, 1.54) is 16.3 Å². The third-order valence-corrected chi connectivity index (χ3v) is 8.94. The molecule has 0 bridgehead atoms. The van der Waals surface area contributed by atoms with E-state index in [0.717, 1.165) is 23.3 Å². The molecule has 1 aromatic heterocycles. The summed E-state index contributed by atoms with van der Waals surface area (Å²) in [6, 6.07) is 17.9. The summed E-state index contributed by atoms with van der Waals surface area (Å²) in [6.07, 6.45) is 0.739. The summed E-state index contributed by atoms with van der Waals surface area (Å²) < 4.78 is 39.2. The van der Waals surface area contributed by atoms with Gasteiger partial charge in [-0.25, -0.2) is 8.42 Å². The smallest absolute Gasteiger partial charge is 0.243 e. The van der Waals surface area contributed by atoms with Crippen molar-refractivity contribution in [3.8, 4) is 5.75 Å². The molecule has 0 aliphatic carbocycles. The van der Waals surface area contributed by atoms with Crippen molar-refractivity contribution in [3.05, 3.63) is 82.0 Å². The number of rotatable bonds is 10. The maximum Gasteiger partial charge on any atom is 0.243 e. The van der Waals surface area contributed by atoms with Crippen LogP contribution in [0.25, 0.3) is 0 Å². The van der Waals surface area contributed by atoms with Gasteiger partial charge < -0.3 is 14.4 Å². The van der Waals surface area contributed by atoms with E-state index in [9.17, 15) is 13.2 Å². The molecule has 7 nitrogen and oxygen atoms in total. The molecule has 1 aliphatic rings. The number of hydrogen-bond donors (Lipinski definition) is 0. The van der Waals surface area contributed by atoms with E-state index in [4.69, 9.17) is 9.47 Å². The summed E-state index contributed by atoms with van der Waals surface area (Å²) in [7, 11) is -2.36. The largest absolute Gasteiger partial charge is 0.491 e. The molecule has 9 heteroatoms. The summed E-state index contributed by atoms with van der Waals surface area (Å²) in [6.45, 7) is 2.71. The van der Waals surface area contributed by atoms with Gasteiger partial charge in [-0.2, -0.15) is 4.31 Å². The highest BCUT2D eigenvalue weighted by Gasteiger charge is 2.35. The van der Waals surface area contributed by atoms with Crippen LogP contribution in [-0.4, -0.2) is 63.5 Å². The van der Waals surface area contributed by atoms with E-state index in [2.05, 4.69) is 0 Å². The Morgan fingerprint density at radius 3 is 2.57 bits per heavy atom. The van der Waals surface area contributed by atoms with Gasteiger partial charge in [-0.15, -0.1) is 11.3 Å². The molecule has 1 amide bonds. The van der Waals surface area contributed by atoms with Crippen LogP contribution in [0.3, 0.4) is 0 Å². The van der Waals surface area contributed by atoms with Gasteiger partial charge in [0.2, 0.25) is 15.9 Å². The Balaban J connectivity index is 1.56. The van der Waals surface area contributed by atoms with Crippen LogP contribution in [0, 0.1) is 6.92 Å². The minimum absolute atomic E-state index is 0.0845. The molecule has 0 spiro atoms. The standard InChI is InChI=1S/C26H30N2O5S2/c1-20-8-10-22(11-9-20)35(30,31)27(15-16-32-2)18-26(29)28-14-12-25-23(13-17-34-25)24(28)19-33-21-6-4-3-5-7-21/h3-11,13,17,24H,12,14-16,18-19H2,1-2H3/t24-/m1/s1. The fourth-order valence-electron chi connectivity index (χ4n) is 4.14. The summed E-state index contributed by atoms with van der Waals surface area (Å²) in [5.41, 5.74) is 2.03. The number of fused-ring (bicyclic) bond motifs is 1. The average Bonchev–Trinajstić information content (AvgIpc) is 3.35. The molecule has 1 aliphatic heterocycles. The molecule has 0 saturated carbocycles. The molecule has 186 valence electrons. The first-order chi connectivity index (χ1) is 16.9. The SMILES string of the molecule is COCCN(CC(=O)N1CCc2sccc2[C@H]1COc1ccccc1)S(=O)(=O)c1ccc(C)cc1. The Hall–Kier alpha value is -2.72. The second kappa shape index (κ2) is 11.3. The summed E-state index contributed by atoms with van der Waals surface area (Å²) >= 11 is 1.68. The Kier molecular flexibility index (Phi) is 8.22. The maximum atomic E-state index is 13.6. The first kappa shape index (κ1) is 25.4. The van der Waals surface area contributed by atoms with Crippen molar-refractivity contribution in [2.24, 2.45) is 0 Å². The number of carbonyl (C=O) groups is 1. The van der Waals surface area contributed by atoms with Gasteiger partial charge >= 0.3 is 0 Å². The summed E-state index contributed by atoms with van der Waals surface area (Å²) in [5, 5.41) is 2.03. The molecule has 1 atom stereocenters. The molecule has 35 heavy (non-hydrogen) atoms. The van der Waals surface area contributed by atoms with E-state index in [-0.39, 0.29) is 36.5 Å². The average molecular weight is 515 g/mol. The number of para-hydroxylation sites is 1. The number of thiophene rings is 1. The molecule has 3 aromatic rings. The van der Waals surface area contributed by atoms with Crippen molar-refractivity contribution < 1.29 is 22.7 Å². The third kappa shape index (κ3) is 5.92. The molecule has 4 rings (SSSR count). The molecule has 2 aromatic carbocycles. The monoisotopic (exact) mass is 514 g/mol. The van der Waals surface area contributed by atoms with Crippen LogP contribution in [0.15, 0.2) is 70.9 Å². The zero-order valence-electron chi connectivity index (χ0n) is 19.9. The van der Waals surface area contributed by atoms with Crippen LogP contribution in [0.5, 0.6) is 5.75 Å². The van der Waals surface area contributed by atoms with Gasteiger partial charge in [0.15, 0.2) is 0 Å². The van der Waals surface area contributed by atoms with Gasteiger partial charge in [-0.1, -0.05) is 35.9 Å². The van der Waals surface area contributed by atoms with Gasteiger partial charge in [0.05, 0.1) is 24.1 Å².